The Hall–Kier alpha value is -0.380. The molecule has 1 aliphatic carbocycles. The summed E-state index contributed by atoms with van der Waals surface area (Å²) < 4.78 is 17.0. The number of hydrogen-bond donors (Lipinski definition) is 0. The molecule has 0 aromatic rings. The summed E-state index contributed by atoms with van der Waals surface area (Å²) in [6.45, 7) is 7.08. The van der Waals surface area contributed by atoms with E-state index in [1.165, 1.54) is 12.0 Å². The highest BCUT2D eigenvalue weighted by Gasteiger charge is 2.41. The fourth-order valence-corrected chi connectivity index (χ4v) is 2.42. The fourth-order valence-electron chi connectivity index (χ4n) is 2.42. The molecule has 1 aliphatic heterocycles. The maximum atomic E-state index is 6.08. The Morgan fingerprint density at radius 3 is 2.59 bits per heavy atom. The molecule has 17 heavy (non-hydrogen) atoms. The molecular weight excluding hydrogens is 216 g/mol. The number of hydrogen-bond acceptors (Lipinski definition) is 3. The molecule has 1 atom stereocenters. The minimum absolute atomic E-state index is 0.0133. The summed E-state index contributed by atoms with van der Waals surface area (Å²) in [5.74, 6) is 0. The van der Waals surface area contributed by atoms with Crippen molar-refractivity contribution in [2.75, 3.05) is 26.6 Å². The summed E-state index contributed by atoms with van der Waals surface area (Å²) in [5, 5.41) is 0. The maximum Gasteiger partial charge on any atom is 0.146 e. The Labute approximate surface area is 104 Å². The smallest absolute Gasteiger partial charge is 0.146 e. The molecule has 0 spiro atoms. The third-order valence-electron chi connectivity index (χ3n) is 3.67. The Morgan fingerprint density at radius 2 is 2.06 bits per heavy atom. The lowest BCUT2D eigenvalue weighted by atomic mass is 9.87. The van der Waals surface area contributed by atoms with Gasteiger partial charge in [-0.1, -0.05) is 31.9 Å². The van der Waals surface area contributed by atoms with Crippen LogP contribution >= 0.6 is 0 Å². The Balaban J connectivity index is 1.87. The van der Waals surface area contributed by atoms with Crippen LogP contribution in [0.15, 0.2) is 11.6 Å². The highest BCUT2D eigenvalue weighted by Crippen LogP contribution is 2.41. The van der Waals surface area contributed by atoms with E-state index >= 15 is 0 Å². The predicted octanol–water partition coefficient (Wildman–Crippen LogP) is 2.90. The molecule has 0 radical (unpaired) electrons. The van der Waals surface area contributed by atoms with Crippen LogP contribution in [0.3, 0.4) is 0 Å². The van der Waals surface area contributed by atoms with Crippen molar-refractivity contribution < 1.29 is 14.2 Å². The van der Waals surface area contributed by atoms with Crippen molar-refractivity contribution in [1.82, 2.24) is 0 Å². The minimum atomic E-state index is 0.0133. The molecule has 3 nitrogen and oxygen atoms in total. The monoisotopic (exact) mass is 240 g/mol. The van der Waals surface area contributed by atoms with E-state index < -0.39 is 0 Å². The van der Waals surface area contributed by atoms with Gasteiger partial charge in [0, 0.05) is 0 Å². The second kappa shape index (κ2) is 5.98. The Kier molecular flexibility index (Phi) is 4.60. The van der Waals surface area contributed by atoms with Crippen molar-refractivity contribution in [2.45, 2.75) is 45.6 Å². The van der Waals surface area contributed by atoms with Gasteiger partial charge in [-0.3, -0.25) is 0 Å². The van der Waals surface area contributed by atoms with Gasteiger partial charge in [-0.15, -0.1) is 0 Å². The van der Waals surface area contributed by atoms with Crippen LogP contribution in [0, 0.1) is 5.41 Å². The number of ether oxygens (including phenoxy) is 3. The topological polar surface area (TPSA) is 27.7 Å². The van der Waals surface area contributed by atoms with E-state index in [0.717, 1.165) is 39.1 Å². The molecule has 0 aromatic carbocycles. The minimum Gasteiger partial charge on any atom is -0.377 e. The van der Waals surface area contributed by atoms with Crippen LogP contribution in [0.25, 0.3) is 0 Å². The van der Waals surface area contributed by atoms with Crippen LogP contribution in [-0.4, -0.2) is 32.7 Å². The lowest BCUT2D eigenvalue weighted by Crippen LogP contribution is -2.42. The average Bonchev–Trinajstić information content (AvgIpc) is 3.20. The summed E-state index contributed by atoms with van der Waals surface area (Å²) in [7, 11) is 0. The van der Waals surface area contributed by atoms with Gasteiger partial charge in [0.1, 0.15) is 6.79 Å². The molecule has 3 heteroatoms. The van der Waals surface area contributed by atoms with Crippen molar-refractivity contribution in [1.29, 1.82) is 0 Å². The zero-order chi connectivity index (χ0) is 12.1. The third kappa shape index (κ3) is 3.30. The molecular formula is C14H24O3. The van der Waals surface area contributed by atoms with E-state index in [-0.39, 0.29) is 5.41 Å². The summed E-state index contributed by atoms with van der Waals surface area (Å²) in [6.07, 6.45) is 7.18. The first-order valence-corrected chi connectivity index (χ1v) is 6.77. The van der Waals surface area contributed by atoms with Crippen molar-refractivity contribution in [3.63, 3.8) is 0 Å². The molecule has 1 fully saturated rings. The van der Waals surface area contributed by atoms with Crippen molar-refractivity contribution in [3.8, 4) is 0 Å². The highest BCUT2D eigenvalue weighted by molar-refractivity contribution is 5.31. The van der Waals surface area contributed by atoms with Crippen molar-refractivity contribution >= 4 is 0 Å². The van der Waals surface area contributed by atoms with Crippen LogP contribution in [0.5, 0.6) is 0 Å². The van der Waals surface area contributed by atoms with Gasteiger partial charge in [0.25, 0.3) is 0 Å². The van der Waals surface area contributed by atoms with E-state index in [9.17, 15) is 0 Å². The van der Waals surface area contributed by atoms with Crippen LogP contribution in [0.2, 0.25) is 0 Å². The van der Waals surface area contributed by atoms with E-state index in [4.69, 9.17) is 14.2 Å². The molecule has 0 N–H and O–H groups in total. The normalized spacial score (nSPS) is 24.2. The first-order chi connectivity index (χ1) is 8.30. The lowest BCUT2D eigenvalue weighted by molar-refractivity contribution is -0.172. The van der Waals surface area contributed by atoms with Gasteiger partial charge in [0.05, 0.1) is 31.3 Å². The van der Waals surface area contributed by atoms with Gasteiger partial charge >= 0.3 is 0 Å². The first kappa shape index (κ1) is 13.1. The Morgan fingerprint density at radius 1 is 1.35 bits per heavy atom. The number of allylic oxidation sites excluding steroid dienone is 1. The molecule has 98 valence electrons. The third-order valence-corrected chi connectivity index (χ3v) is 3.67. The second-order valence-electron chi connectivity index (χ2n) is 5.16. The molecule has 1 unspecified atom stereocenters. The van der Waals surface area contributed by atoms with Gasteiger partial charge < -0.3 is 14.2 Å². The van der Waals surface area contributed by atoms with Gasteiger partial charge in [-0.2, -0.15) is 0 Å². The quantitative estimate of drug-likeness (QED) is 0.640. The van der Waals surface area contributed by atoms with Crippen molar-refractivity contribution in [2.24, 2.45) is 5.41 Å². The van der Waals surface area contributed by atoms with Gasteiger partial charge in [0.15, 0.2) is 0 Å². The van der Waals surface area contributed by atoms with E-state index in [1.54, 1.807) is 0 Å². The van der Waals surface area contributed by atoms with E-state index in [2.05, 4.69) is 19.9 Å². The molecule has 1 heterocycles. The number of rotatable bonds is 7. The lowest BCUT2D eigenvalue weighted by Gasteiger charge is -2.36. The summed E-state index contributed by atoms with van der Waals surface area (Å²) in [5.41, 5.74) is 1.47. The largest absolute Gasteiger partial charge is 0.377 e. The zero-order valence-corrected chi connectivity index (χ0v) is 11.0. The summed E-state index contributed by atoms with van der Waals surface area (Å²) in [4.78, 5) is 0. The Bertz CT molecular complexity index is 267. The molecule has 0 aromatic heterocycles. The molecule has 2 aliphatic rings. The fraction of sp³-hybridized carbons (Fsp3) is 0.857. The van der Waals surface area contributed by atoms with Gasteiger partial charge in [0.2, 0.25) is 0 Å². The van der Waals surface area contributed by atoms with Crippen LogP contribution in [0.1, 0.15) is 39.5 Å². The molecule has 1 saturated heterocycles. The average molecular weight is 240 g/mol. The predicted molar refractivity (Wildman–Crippen MR) is 66.8 cm³/mol. The van der Waals surface area contributed by atoms with Crippen LogP contribution in [-0.2, 0) is 14.2 Å². The molecule has 0 amide bonds. The molecule has 0 bridgehead atoms. The first-order valence-electron chi connectivity index (χ1n) is 6.77. The van der Waals surface area contributed by atoms with Gasteiger partial charge in [-0.05, 0) is 19.3 Å². The SMILES string of the molecule is CCCC(CC)OCC1(C2=CC2)COCOC1. The van der Waals surface area contributed by atoms with Crippen molar-refractivity contribution in [3.05, 3.63) is 11.6 Å². The standard InChI is InChI=1S/C14H24O3/c1-3-5-13(4-2)17-10-14(12-6-7-12)8-15-11-16-9-14/h6,13H,3-5,7-11H2,1-2H3. The highest BCUT2D eigenvalue weighted by atomic mass is 16.7. The van der Waals surface area contributed by atoms with Gasteiger partial charge in [-0.25, -0.2) is 0 Å². The molecule has 0 saturated carbocycles. The summed E-state index contributed by atoms with van der Waals surface area (Å²) >= 11 is 0. The van der Waals surface area contributed by atoms with Crippen LogP contribution in [0.4, 0.5) is 0 Å². The zero-order valence-electron chi connectivity index (χ0n) is 11.0. The van der Waals surface area contributed by atoms with E-state index in [1.807, 2.05) is 0 Å². The second-order valence-corrected chi connectivity index (χ2v) is 5.16. The van der Waals surface area contributed by atoms with Crippen LogP contribution < -0.4 is 0 Å². The maximum absolute atomic E-state index is 6.08. The summed E-state index contributed by atoms with van der Waals surface area (Å²) in [6, 6.07) is 0. The molecule has 2 rings (SSSR count). The van der Waals surface area contributed by atoms with E-state index in [0.29, 0.717) is 12.9 Å².